The Labute approximate surface area is 212 Å². The first kappa shape index (κ1) is 27.5. The summed E-state index contributed by atoms with van der Waals surface area (Å²) in [7, 11) is 0. The van der Waals surface area contributed by atoms with Gasteiger partial charge in [0.15, 0.2) is 6.10 Å². The average molecular weight is 502 g/mol. The summed E-state index contributed by atoms with van der Waals surface area (Å²) in [5, 5.41) is 9.25. The number of ether oxygens (including phenoxy) is 3. The van der Waals surface area contributed by atoms with Crippen LogP contribution >= 0.6 is 0 Å². The highest BCUT2D eigenvalue weighted by Crippen LogP contribution is 2.27. The SMILES string of the molecule is CCOC(Cc1ccc(OCCN(CCC2CCCC2)C(=O)OCc2ccc(F)cc2)cc1)C(=O)O. The highest BCUT2D eigenvalue weighted by molar-refractivity contribution is 5.72. The molecule has 1 unspecified atom stereocenters. The minimum atomic E-state index is -0.985. The Hall–Kier alpha value is -3.13. The zero-order valence-electron chi connectivity index (χ0n) is 20.9. The van der Waals surface area contributed by atoms with Crippen LogP contribution in [0.2, 0.25) is 0 Å². The topological polar surface area (TPSA) is 85.3 Å². The van der Waals surface area contributed by atoms with Gasteiger partial charge in [-0.3, -0.25) is 0 Å². The summed E-state index contributed by atoms with van der Waals surface area (Å²) < 4.78 is 29.7. The molecule has 0 bridgehead atoms. The van der Waals surface area contributed by atoms with E-state index in [0.717, 1.165) is 17.5 Å². The van der Waals surface area contributed by atoms with E-state index in [-0.39, 0.29) is 18.8 Å². The van der Waals surface area contributed by atoms with E-state index in [1.54, 1.807) is 36.1 Å². The third kappa shape index (κ3) is 9.15. The van der Waals surface area contributed by atoms with E-state index in [1.165, 1.54) is 37.8 Å². The average Bonchev–Trinajstić information content (AvgIpc) is 3.40. The number of carboxylic acids is 1. The number of carbonyl (C=O) groups is 2. The smallest absolute Gasteiger partial charge is 0.410 e. The molecule has 1 atom stereocenters. The van der Waals surface area contributed by atoms with Gasteiger partial charge in [0.1, 0.15) is 24.8 Å². The standard InChI is InChI=1S/C28H36FNO6/c1-2-34-26(27(31)32)19-22-9-13-25(14-10-22)35-18-17-30(16-15-21-5-3-4-6-21)28(33)36-20-23-7-11-24(29)12-8-23/h7-14,21,26H,2-6,15-20H2,1H3,(H,31,32). The highest BCUT2D eigenvalue weighted by Gasteiger charge is 2.21. The number of halogens is 1. The zero-order chi connectivity index (χ0) is 25.8. The number of nitrogens with zero attached hydrogens (tertiary/aromatic N) is 1. The quantitative estimate of drug-likeness (QED) is 0.370. The van der Waals surface area contributed by atoms with Crippen LogP contribution in [-0.2, 0) is 27.3 Å². The predicted molar refractivity (Wildman–Crippen MR) is 133 cm³/mol. The molecule has 1 aliphatic carbocycles. The molecule has 1 amide bonds. The largest absolute Gasteiger partial charge is 0.492 e. The van der Waals surface area contributed by atoms with Crippen LogP contribution in [0.1, 0.15) is 50.2 Å². The third-order valence-electron chi connectivity index (χ3n) is 6.43. The molecular weight excluding hydrogens is 465 g/mol. The number of amides is 1. The predicted octanol–water partition coefficient (Wildman–Crippen LogP) is 5.46. The van der Waals surface area contributed by atoms with Gasteiger partial charge in [-0.15, -0.1) is 0 Å². The van der Waals surface area contributed by atoms with Gasteiger partial charge in [-0.2, -0.15) is 0 Å². The van der Waals surface area contributed by atoms with Crippen molar-refractivity contribution in [3.8, 4) is 5.75 Å². The first-order chi connectivity index (χ1) is 17.4. The van der Waals surface area contributed by atoms with E-state index in [1.807, 2.05) is 12.1 Å². The van der Waals surface area contributed by atoms with Crippen LogP contribution in [0.3, 0.4) is 0 Å². The van der Waals surface area contributed by atoms with Crippen molar-refractivity contribution in [1.82, 2.24) is 4.90 Å². The second-order valence-corrected chi connectivity index (χ2v) is 9.09. The summed E-state index contributed by atoms with van der Waals surface area (Å²) in [4.78, 5) is 25.8. The number of hydrogen-bond donors (Lipinski definition) is 1. The van der Waals surface area contributed by atoms with Crippen LogP contribution in [0.5, 0.6) is 5.75 Å². The van der Waals surface area contributed by atoms with Crippen molar-refractivity contribution < 1.29 is 33.3 Å². The Balaban J connectivity index is 1.50. The van der Waals surface area contributed by atoms with Gasteiger partial charge >= 0.3 is 12.1 Å². The van der Waals surface area contributed by atoms with Crippen molar-refractivity contribution in [3.05, 3.63) is 65.5 Å². The maximum atomic E-state index is 13.1. The summed E-state index contributed by atoms with van der Waals surface area (Å²) in [5.41, 5.74) is 1.57. The van der Waals surface area contributed by atoms with E-state index in [0.29, 0.717) is 38.0 Å². The molecule has 1 fully saturated rings. The van der Waals surface area contributed by atoms with Gasteiger partial charge < -0.3 is 24.2 Å². The number of carbonyl (C=O) groups excluding carboxylic acids is 1. The minimum Gasteiger partial charge on any atom is -0.492 e. The van der Waals surface area contributed by atoms with Crippen LogP contribution in [-0.4, -0.2) is 54.5 Å². The lowest BCUT2D eigenvalue weighted by molar-refractivity contribution is -0.149. The van der Waals surface area contributed by atoms with Crippen LogP contribution in [0.25, 0.3) is 0 Å². The number of aliphatic carboxylic acids is 1. The van der Waals surface area contributed by atoms with Crippen molar-refractivity contribution in [2.75, 3.05) is 26.3 Å². The Morgan fingerprint density at radius 1 is 1.03 bits per heavy atom. The number of rotatable bonds is 14. The molecule has 0 spiro atoms. The molecule has 1 saturated carbocycles. The van der Waals surface area contributed by atoms with Gasteiger partial charge in [-0.25, -0.2) is 14.0 Å². The van der Waals surface area contributed by atoms with Crippen molar-refractivity contribution in [2.24, 2.45) is 5.92 Å². The molecule has 0 radical (unpaired) electrons. The first-order valence-corrected chi connectivity index (χ1v) is 12.7. The number of benzene rings is 2. The normalized spacial score (nSPS) is 14.4. The van der Waals surface area contributed by atoms with Crippen LogP contribution < -0.4 is 4.74 Å². The molecule has 196 valence electrons. The summed E-state index contributed by atoms with van der Waals surface area (Å²) in [5.74, 6) is -0.0414. The molecule has 3 rings (SSSR count). The van der Waals surface area contributed by atoms with E-state index in [9.17, 15) is 19.1 Å². The summed E-state index contributed by atoms with van der Waals surface area (Å²) in [6, 6.07) is 13.1. The molecule has 2 aromatic rings. The molecule has 0 aliphatic heterocycles. The second kappa shape index (κ2) is 14.4. The highest BCUT2D eigenvalue weighted by atomic mass is 19.1. The Morgan fingerprint density at radius 2 is 1.69 bits per heavy atom. The van der Waals surface area contributed by atoms with Gasteiger partial charge in [-0.05, 0) is 54.7 Å². The minimum absolute atomic E-state index is 0.0838. The Morgan fingerprint density at radius 3 is 2.33 bits per heavy atom. The maximum Gasteiger partial charge on any atom is 0.410 e. The van der Waals surface area contributed by atoms with Crippen LogP contribution in [0, 0.1) is 11.7 Å². The Bertz CT molecular complexity index is 944. The molecule has 8 heteroatoms. The molecule has 0 saturated heterocycles. The zero-order valence-corrected chi connectivity index (χ0v) is 20.9. The molecular formula is C28H36FNO6. The van der Waals surface area contributed by atoms with E-state index >= 15 is 0 Å². The fraction of sp³-hybridized carbons (Fsp3) is 0.500. The molecule has 0 aromatic heterocycles. The van der Waals surface area contributed by atoms with Crippen molar-refractivity contribution in [2.45, 2.75) is 58.2 Å². The van der Waals surface area contributed by atoms with Gasteiger partial charge in [0, 0.05) is 19.6 Å². The van der Waals surface area contributed by atoms with Gasteiger partial charge in [0.25, 0.3) is 0 Å². The molecule has 1 N–H and O–H groups in total. The van der Waals surface area contributed by atoms with Crippen LogP contribution in [0.4, 0.5) is 9.18 Å². The summed E-state index contributed by atoms with van der Waals surface area (Å²) >= 11 is 0. The second-order valence-electron chi connectivity index (χ2n) is 9.09. The van der Waals surface area contributed by atoms with Crippen LogP contribution in [0.15, 0.2) is 48.5 Å². The van der Waals surface area contributed by atoms with E-state index in [4.69, 9.17) is 14.2 Å². The Kier molecular flexibility index (Phi) is 11.0. The number of hydrogen-bond acceptors (Lipinski definition) is 5. The summed E-state index contributed by atoms with van der Waals surface area (Å²) in [6.07, 6.45) is 4.82. The molecule has 1 aliphatic rings. The fourth-order valence-electron chi connectivity index (χ4n) is 4.38. The van der Waals surface area contributed by atoms with E-state index < -0.39 is 18.2 Å². The molecule has 0 heterocycles. The molecule has 2 aromatic carbocycles. The van der Waals surface area contributed by atoms with Crippen molar-refractivity contribution in [1.29, 1.82) is 0 Å². The summed E-state index contributed by atoms with van der Waals surface area (Å²) in [6.45, 7) is 3.46. The molecule has 36 heavy (non-hydrogen) atoms. The van der Waals surface area contributed by atoms with Crippen molar-refractivity contribution in [3.63, 3.8) is 0 Å². The lowest BCUT2D eigenvalue weighted by Gasteiger charge is -2.24. The lowest BCUT2D eigenvalue weighted by atomic mass is 10.0. The first-order valence-electron chi connectivity index (χ1n) is 12.7. The third-order valence-corrected chi connectivity index (χ3v) is 6.43. The lowest BCUT2D eigenvalue weighted by Crippen LogP contribution is -2.36. The molecule has 7 nitrogen and oxygen atoms in total. The van der Waals surface area contributed by atoms with Gasteiger partial charge in [-0.1, -0.05) is 49.9 Å². The van der Waals surface area contributed by atoms with Gasteiger partial charge in [0.2, 0.25) is 0 Å². The maximum absolute atomic E-state index is 13.1. The van der Waals surface area contributed by atoms with Crippen molar-refractivity contribution >= 4 is 12.1 Å². The fourth-order valence-corrected chi connectivity index (χ4v) is 4.38. The monoisotopic (exact) mass is 501 g/mol. The number of carboxylic acid groups (broad SMARTS) is 1. The van der Waals surface area contributed by atoms with Gasteiger partial charge in [0.05, 0.1) is 6.54 Å². The van der Waals surface area contributed by atoms with E-state index in [2.05, 4.69) is 0 Å².